The Labute approximate surface area is 84.8 Å². The normalized spacial score (nSPS) is 15.5. The van der Waals surface area contributed by atoms with Crippen molar-refractivity contribution < 1.29 is 4.21 Å². The number of aromatic nitrogens is 1. The lowest BCUT2D eigenvalue weighted by Gasteiger charge is -2.03. The average molecular weight is 218 g/mol. The summed E-state index contributed by atoms with van der Waals surface area (Å²) in [6, 6.07) is 0.139. The maximum atomic E-state index is 11.4. The van der Waals surface area contributed by atoms with E-state index in [0.29, 0.717) is 11.5 Å². The molecule has 1 heterocycles. The molecule has 2 N–H and O–H groups in total. The zero-order valence-electron chi connectivity index (χ0n) is 7.60. The van der Waals surface area contributed by atoms with Gasteiger partial charge in [0.2, 0.25) is 0 Å². The Bertz CT molecular complexity index is 259. The van der Waals surface area contributed by atoms with Crippen molar-refractivity contribution in [3.8, 4) is 0 Å². The fourth-order valence-electron chi connectivity index (χ4n) is 0.851. The molecule has 0 aromatic carbocycles. The van der Waals surface area contributed by atoms with E-state index in [4.69, 9.17) is 5.73 Å². The van der Waals surface area contributed by atoms with E-state index < -0.39 is 10.8 Å². The van der Waals surface area contributed by atoms with Crippen LogP contribution in [0.3, 0.4) is 0 Å². The van der Waals surface area contributed by atoms with Crippen LogP contribution in [0.2, 0.25) is 0 Å². The summed E-state index contributed by atoms with van der Waals surface area (Å²) in [5, 5.41) is 2.85. The summed E-state index contributed by atoms with van der Waals surface area (Å²) in [6.45, 7) is 1.93. The molecule has 3 nitrogen and oxygen atoms in total. The summed E-state index contributed by atoms with van der Waals surface area (Å²) in [4.78, 5) is 4.08. The Hall–Kier alpha value is -0.260. The Morgan fingerprint density at radius 1 is 1.77 bits per heavy atom. The molecule has 2 unspecified atom stereocenters. The molecule has 0 saturated heterocycles. The molecule has 0 fully saturated rings. The van der Waals surface area contributed by atoms with Gasteiger partial charge in [-0.3, -0.25) is 4.21 Å². The van der Waals surface area contributed by atoms with Gasteiger partial charge >= 0.3 is 0 Å². The molecular formula is C8H14N2OS2. The van der Waals surface area contributed by atoms with E-state index >= 15 is 0 Å². The van der Waals surface area contributed by atoms with Crippen molar-refractivity contribution in [1.82, 2.24) is 4.98 Å². The fraction of sp³-hybridized carbons (Fsp3) is 0.625. The Balaban J connectivity index is 2.26. The topological polar surface area (TPSA) is 56.0 Å². The summed E-state index contributed by atoms with van der Waals surface area (Å²) < 4.78 is 11.4. The minimum Gasteiger partial charge on any atom is -0.328 e. The lowest BCUT2D eigenvalue weighted by Crippen LogP contribution is -2.18. The monoisotopic (exact) mass is 218 g/mol. The van der Waals surface area contributed by atoms with E-state index in [1.54, 1.807) is 17.5 Å². The number of hydrogen-bond acceptors (Lipinski definition) is 4. The Morgan fingerprint density at radius 2 is 2.54 bits per heavy atom. The van der Waals surface area contributed by atoms with Crippen LogP contribution in [0.4, 0.5) is 0 Å². The molecular weight excluding hydrogens is 204 g/mol. The van der Waals surface area contributed by atoms with Crippen molar-refractivity contribution >= 4 is 22.1 Å². The van der Waals surface area contributed by atoms with Crippen LogP contribution in [-0.2, 0) is 16.6 Å². The molecule has 2 atom stereocenters. The molecule has 0 radical (unpaired) electrons. The van der Waals surface area contributed by atoms with Gasteiger partial charge in [0.1, 0.15) is 5.01 Å². The average Bonchev–Trinajstić information content (AvgIpc) is 2.53. The number of nitrogens with zero attached hydrogens (tertiary/aromatic N) is 1. The molecule has 0 saturated carbocycles. The van der Waals surface area contributed by atoms with Crippen LogP contribution >= 0.6 is 11.3 Å². The third kappa shape index (κ3) is 4.50. The molecule has 0 aliphatic carbocycles. The zero-order valence-corrected chi connectivity index (χ0v) is 9.24. The van der Waals surface area contributed by atoms with E-state index in [1.807, 2.05) is 12.3 Å². The van der Waals surface area contributed by atoms with E-state index in [1.165, 1.54) is 0 Å². The first-order valence-corrected chi connectivity index (χ1v) is 6.54. The molecule has 1 aromatic heterocycles. The highest BCUT2D eigenvalue weighted by molar-refractivity contribution is 7.84. The first kappa shape index (κ1) is 10.8. The highest BCUT2D eigenvalue weighted by atomic mass is 32.2. The predicted octanol–water partition coefficient (Wildman–Crippen LogP) is 1.13. The van der Waals surface area contributed by atoms with Gasteiger partial charge in [-0.25, -0.2) is 4.98 Å². The smallest absolute Gasteiger partial charge is 0.105 e. The minimum absolute atomic E-state index is 0.139. The van der Waals surface area contributed by atoms with Crippen LogP contribution in [0.5, 0.6) is 0 Å². The molecule has 0 amide bonds. The Kier molecular flexibility index (Phi) is 4.55. The first-order chi connectivity index (χ1) is 6.18. The standard InChI is InChI=1S/C8H14N2OS2/c1-7(9)2-5-13(11)6-8-10-3-4-12-8/h3-4,7H,2,5-6,9H2,1H3. The molecule has 13 heavy (non-hydrogen) atoms. The van der Waals surface area contributed by atoms with Crippen LogP contribution in [0.1, 0.15) is 18.4 Å². The minimum atomic E-state index is -0.802. The molecule has 5 heteroatoms. The highest BCUT2D eigenvalue weighted by Crippen LogP contribution is 2.07. The fourth-order valence-corrected chi connectivity index (χ4v) is 3.05. The van der Waals surface area contributed by atoms with Crippen LogP contribution in [0.25, 0.3) is 0 Å². The van der Waals surface area contributed by atoms with Crippen molar-refractivity contribution in [2.24, 2.45) is 5.73 Å². The number of thiazole rings is 1. The van der Waals surface area contributed by atoms with Crippen molar-refractivity contribution in [3.05, 3.63) is 16.6 Å². The molecule has 0 spiro atoms. The molecule has 1 aromatic rings. The van der Waals surface area contributed by atoms with Crippen LogP contribution < -0.4 is 5.73 Å². The van der Waals surface area contributed by atoms with Gasteiger partial charge in [0.15, 0.2) is 0 Å². The van der Waals surface area contributed by atoms with E-state index in [-0.39, 0.29) is 6.04 Å². The molecule has 74 valence electrons. The molecule has 1 rings (SSSR count). The SMILES string of the molecule is CC(N)CCS(=O)Cc1nccs1. The van der Waals surface area contributed by atoms with E-state index in [9.17, 15) is 4.21 Å². The van der Waals surface area contributed by atoms with Gasteiger partial charge < -0.3 is 5.73 Å². The molecule has 0 bridgehead atoms. The van der Waals surface area contributed by atoms with Crippen molar-refractivity contribution in [1.29, 1.82) is 0 Å². The zero-order chi connectivity index (χ0) is 9.68. The third-order valence-electron chi connectivity index (χ3n) is 1.57. The van der Waals surface area contributed by atoms with Gasteiger partial charge in [0.25, 0.3) is 0 Å². The largest absolute Gasteiger partial charge is 0.328 e. The molecule has 0 aliphatic rings. The summed E-state index contributed by atoms with van der Waals surface area (Å²) >= 11 is 1.55. The van der Waals surface area contributed by atoms with Gasteiger partial charge in [-0.1, -0.05) is 0 Å². The van der Waals surface area contributed by atoms with E-state index in [2.05, 4.69) is 4.98 Å². The third-order valence-corrected chi connectivity index (χ3v) is 3.82. The second-order valence-corrected chi connectivity index (χ2v) is 5.54. The van der Waals surface area contributed by atoms with Crippen LogP contribution in [-0.4, -0.2) is 21.0 Å². The number of nitrogens with two attached hydrogens (primary N) is 1. The first-order valence-electron chi connectivity index (χ1n) is 4.17. The second-order valence-electron chi connectivity index (χ2n) is 2.98. The quantitative estimate of drug-likeness (QED) is 0.806. The van der Waals surface area contributed by atoms with Gasteiger partial charge in [-0.05, 0) is 13.3 Å². The van der Waals surface area contributed by atoms with Crippen molar-refractivity contribution in [3.63, 3.8) is 0 Å². The predicted molar refractivity (Wildman–Crippen MR) is 57.1 cm³/mol. The second kappa shape index (κ2) is 5.47. The number of rotatable bonds is 5. The molecule has 0 aliphatic heterocycles. The van der Waals surface area contributed by atoms with Crippen molar-refractivity contribution in [2.75, 3.05) is 5.75 Å². The van der Waals surface area contributed by atoms with Crippen molar-refractivity contribution in [2.45, 2.75) is 25.1 Å². The number of hydrogen-bond donors (Lipinski definition) is 1. The van der Waals surface area contributed by atoms with Gasteiger partial charge in [0, 0.05) is 34.2 Å². The lowest BCUT2D eigenvalue weighted by atomic mass is 10.3. The Morgan fingerprint density at radius 3 is 3.08 bits per heavy atom. The summed E-state index contributed by atoms with van der Waals surface area (Å²) in [7, 11) is -0.802. The van der Waals surface area contributed by atoms with Crippen LogP contribution in [0, 0.1) is 0 Å². The maximum absolute atomic E-state index is 11.4. The van der Waals surface area contributed by atoms with Crippen LogP contribution in [0.15, 0.2) is 11.6 Å². The summed E-state index contributed by atoms with van der Waals surface area (Å²) in [6.07, 6.45) is 2.56. The highest BCUT2D eigenvalue weighted by Gasteiger charge is 2.04. The summed E-state index contributed by atoms with van der Waals surface area (Å²) in [5.74, 6) is 1.25. The van der Waals surface area contributed by atoms with Gasteiger partial charge in [-0.15, -0.1) is 11.3 Å². The van der Waals surface area contributed by atoms with Gasteiger partial charge in [-0.2, -0.15) is 0 Å². The lowest BCUT2D eigenvalue weighted by molar-refractivity contribution is 0.667. The maximum Gasteiger partial charge on any atom is 0.105 e. The van der Waals surface area contributed by atoms with E-state index in [0.717, 1.165) is 11.4 Å². The van der Waals surface area contributed by atoms with Gasteiger partial charge in [0.05, 0.1) is 5.75 Å². The summed E-state index contributed by atoms with van der Waals surface area (Å²) in [5.41, 5.74) is 5.57.